The van der Waals surface area contributed by atoms with Crippen molar-refractivity contribution in [2.75, 3.05) is 20.8 Å². The van der Waals surface area contributed by atoms with E-state index >= 15 is 0 Å². The molecule has 15 heavy (non-hydrogen) atoms. The topological polar surface area (TPSA) is 66.8 Å². The van der Waals surface area contributed by atoms with E-state index in [1.54, 1.807) is 0 Å². The lowest BCUT2D eigenvalue weighted by atomic mass is 10.2. The number of amides is 1. The minimum absolute atomic E-state index is 0.0891. The first-order valence-electron chi connectivity index (χ1n) is 3.77. The number of nitrogens with zero attached hydrogens (tertiary/aromatic N) is 1. The lowest BCUT2D eigenvalue weighted by Crippen LogP contribution is -2.50. The summed E-state index contributed by atoms with van der Waals surface area (Å²) < 4.78 is 40.2. The van der Waals surface area contributed by atoms with Gasteiger partial charge in [-0.2, -0.15) is 13.2 Å². The summed E-state index contributed by atoms with van der Waals surface area (Å²) in [6.07, 6.45) is -5.09. The Bertz CT molecular complexity index is 253. The van der Waals surface area contributed by atoms with E-state index in [4.69, 9.17) is 5.11 Å². The Morgan fingerprint density at radius 3 is 2.20 bits per heavy atom. The van der Waals surface area contributed by atoms with Crippen molar-refractivity contribution < 1.29 is 32.6 Å². The molecule has 0 saturated carbocycles. The molecule has 1 unspecified atom stereocenters. The molecule has 0 spiro atoms. The monoisotopic (exact) mass is 229 g/mol. The minimum Gasteiger partial charge on any atom is -0.480 e. The maximum atomic E-state index is 11.9. The Hall–Kier alpha value is -1.31. The van der Waals surface area contributed by atoms with E-state index in [-0.39, 0.29) is 4.90 Å². The van der Waals surface area contributed by atoms with E-state index in [2.05, 4.69) is 4.74 Å². The smallest absolute Gasteiger partial charge is 0.471 e. The molecule has 1 amide bonds. The summed E-state index contributed by atoms with van der Waals surface area (Å²) in [7, 11) is 1.88. The van der Waals surface area contributed by atoms with Crippen LogP contribution in [0.15, 0.2) is 0 Å². The van der Waals surface area contributed by atoms with Crippen LogP contribution in [0, 0.1) is 0 Å². The number of carboxylic acids is 1. The van der Waals surface area contributed by atoms with Crippen molar-refractivity contribution in [1.82, 2.24) is 4.90 Å². The number of carbonyl (C=O) groups is 2. The zero-order valence-electron chi connectivity index (χ0n) is 8.04. The number of methoxy groups -OCH3 is 1. The van der Waals surface area contributed by atoms with Crippen molar-refractivity contribution in [3.8, 4) is 0 Å². The van der Waals surface area contributed by atoms with Crippen LogP contribution in [0.5, 0.6) is 0 Å². The summed E-state index contributed by atoms with van der Waals surface area (Å²) in [5, 5.41) is 8.55. The van der Waals surface area contributed by atoms with Crippen LogP contribution in [-0.2, 0) is 14.3 Å². The van der Waals surface area contributed by atoms with Gasteiger partial charge < -0.3 is 14.7 Å². The van der Waals surface area contributed by atoms with Gasteiger partial charge in [-0.05, 0) is 0 Å². The van der Waals surface area contributed by atoms with E-state index in [1.165, 1.54) is 0 Å². The van der Waals surface area contributed by atoms with Crippen LogP contribution in [0.1, 0.15) is 0 Å². The van der Waals surface area contributed by atoms with Gasteiger partial charge in [-0.1, -0.05) is 0 Å². The predicted molar refractivity (Wildman–Crippen MR) is 42.1 cm³/mol. The molecule has 88 valence electrons. The zero-order valence-corrected chi connectivity index (χ0v) is 8.04. The third-order valence-electron chi connectivity index (χ3n) is 1.64. The Morgan fingerprint density at radius 2 is 1.93 bits per heavy atom. The maximum absolute atomic E-state index is 11.9. The molecule has 0 rings (SSSR count). The Balaban J connectivity index is 4.71. The van der Waals surface area contributed by atoms with Crippen molar-refractivity contribution in [3.05, 3.63) is 0 Å². The molecule has 8 heteroatoms. The first-order valence-corrected chi connectivity index (χ1v) is 3.77. The van der Waals surface area contributed by atoms with Gasteiger partial charge in [0.05, 0.1) is 6.61 Å². The SMILES string of the molecule is COCC(C(=O)O)N(C)C(=O)C(F)(F)F. The fourth-order valence-corrected chi connectivity index (χ4v) is 0.848. The summed E-state index contributed by atoms with van der Waals surface area (Å²) in [4.78, 5) is 21.3. The molecule has 0 saturated heterocycles. The van der Waals surface area contributed by atoms with E-state index in [0.717, 1.165) is 14.2 Å². The van der Waals surface area contributed by atoms with Crippen LogP contribution in [-0.4, -0.2) is 54.9 Å². The van der Waals surface area contributed by atoms with Crippen LogP contribution in [0.2, 0.25) is 0 Å². The number of rotatable bonds is 4. The maximum Gasteiger partial charge on any atom is 0.471 e. The zero-order chi connectivity index (χ0) is 12.2. The van der Waals surface area contributed by atoms with Gasteiger partial charge in [0, 0.05) is 14.2 Å². The summed E-state index contributed by atoms with van der Waals surface area (Å²) >= 11 is 0. The normalized spacial score (nSPS) is 13.4. The van der Waals surface area contributed by atoms with E-state index in [0.29, 0.717) is 0 Å². The van der Waals surface area contributed by atoms with Gasteiger partial charge in [0.25, 0.3) is 0 Å². The van der Waals surface area contributed by atoms with Crippen LogP contribution in [0.3, 0.4) is 0 Å². The van der Waals surface area contributed by atoms with E-state index in [9.17, 15) is 22.8 Å². The predicted octanol–water partition coefficient (Wildman–Crippen LogP) is 0.107. The quantitative estimate of drug-likeness (QED) is 0.742. The molecule has 0 aromatic carbocycles. The largest absolute Gasteiger partial charge is 0.480 e. The van der Waals surface area contributed by atoms with Gasteiger partial charge in [-0.15, -0.1) is 0 Å². The Labute approximate surface area is 83.4 Å². The van der Waals surface area contributed by atoms with Crippen molar-refractivity contribution >= 4 is 11.9 Å². The second-order valence-electron chi connectivity index (χ2n) is 2.72. The number of likely N-dealkylation sites (N-methyl/N-ethyl adjacent to an activating group) is 1. The summed E-state index contributed by atoms with van der Waals surface area (Å²) in [5.41, 5.74) is 0. The van der Waals surface area contributed by atoms with Crippen LogP contribution in [0.4, 0.5) is 13.2 Å². The number of alkyl halides is 3. The first-order chi connectivity index (χ1) is 6.71. The number of halogens is 3. The number of hydrogen-bond acceptors (Lipinski definition) is 3. The average molecular weight is 229 g/mol. The summed E-state index contributed by atoms with van der Waals surface area (Å²) in [5.74, 6) is -3.77. The van der Waals surface area contributed by atoms with Gasteiger partial charge in [0.15, 0.2) is 6.04 Å². The van der Waals surface area contributed by atoms with Crippen molar-refractivity contribution in [2.45, 2.75) is 12.2 Å². The van der Waals surface area contributed by atoms with Crippen molar-refractivity contribution in [2.24, 2.45) is 0 Å². The molecule has 0 aromatic heterocycles. The highest BCUT2D eigenvalue weighted by Crippen LogP contribution is 2.19. The molecule has 0 bridgehead atoms. The summed E-state index contributed by atoms with van der Waals surface area (Å²) in [6, 6.07) is -1.65. The molecule has 0 radical (unpaired) electrons. The van der Waals surface area contributed by atoms with Crippen LogP contribution < -0.4 is 0 Å². The summed E-state index contributed by atoms with van der Waals surface area (Å²) in [6.45, 7) is -0.506. The lowest BCUT2D eigenvalue weighted by molar-refractivity contribution is -0.189. The molecule has 0 fully saturated rings. The first kappa shape index (κ1) is 13.7. The molecule has 0 aliphatic heterocycles. The van der Waals surface area contributed by atoms with Crippen molar-refractivity contribution in [1.29, 1.82) is 0 Å². The lowest BCUT2D eigenvalue weighted by Gasteiger charge is -2.24. The van der Waals surface area contributed by atoms with Gasteiger partial charge in [-0.3, -0.25) is 4.79 Å². The highest BCUT2D eigenvalue weighted by molar-refractivity contribution is 5.86. The number of carboxylic acid groups (broad SMARTS) is 1. The fraction of sp³-hybridized carbons (Fsp3) is 0.714. The van der Waals surface area contributed by atoms with E-state index in [1.807, 2.05) is 0 Å². The Kier molecular flexibility index (Phi) is 4.53. The third kappa shape index (κ3) is 3.74. The van der Waals surface area contributed by atoms with E-state index < -0.39 is 30.7 Å². The van der Waals surface area contributed by atoms with Crippen LogP contribution in [0.25, 0.3) is 0 Å². The molecule has 0 aliphatic carbocycles. The Morgan fingerprint density at radius 1 is 1.47 bits per heavy atom. The van der Waals surface area contributed by atoms with Gasteiger partial charge in [0.2, 0.25) is 0 Å². The highest BCUT2D eigenvalue weighted by Gasteiger charge is 2.44. The fourth-order valence-electron chi connectivity index (χ4n) is 0.848. The third-order valence-corrected chi connectivity index (χ3v) is 1.64. The second-order valence-corrected chi connectivity index (χ2v) is 2.72. The second kappa shape index (κ2) is 4.96. The van der Waals surface area contributed by atoms with Gasteiger partial charge >= 0.3 is 18.1 Å². The number of aliphatic carboxylic acids is 1. The van der Waals surface area contributed by atoms with Gasteiger partial charge in [0.1, 0.15) is 0 Å². The molecule has 0 aromatic rings. The standard InChI is InChI=1S/C7H10F3NO4/c1-11(6(14)7(8,9)10)4(3-15-2)5(12)13/h4H,3H2,1-2H3,(H,12,13). The number of ether oxygens (including phenoxy) is 1. The minimum atomic E-state index is -5.09. The molecule has 0 aliphatic rings. The number of hydrogen-bond donors (Lipinski definition) is 1. The number of carbonyl (C=O) groups excluding carboxylic acids is 1. The average Bonchev–Trinajstić information content (AvgIpc) is 2.09. The molecule has 0 heterocycles. The van der Waals surface area contributed by atoms with Crippen molar-refractivity contribution in [3.63, 3.8) is 0 Å². The molecule has 1 N–H and O–H groups in total. The van der Waals surface area contributed by atoms with Crippen LogP contribution >= 0.6 is 0 Å². The molecule has 5 nitrogen and oxygen atoms in total. The van der Waals surface area contributed by atoms with Gasteiger partial charge in [-0.25, -0.2) is 4.79 Å². The molecular weight excluding hydrogens is 219 g/mol. The highest BCUT2D eigenvalue weighted by atomic mass is 19.4. The molecule has 1 atom stereocenters. The molecular formula is C7H10F3NO4.